The first-order valence-electron chi connectivity index (χ1n) is 8.19. The molecule has 0 bridgehead atoms. The number of anilines is 1. The minimum atomic E-state index is -4.61. The number of aromatic nitrogens is 4. The first-order valence-corrected chi connectivity index (χ1v) is 9.07. The van der Waals surface area contributed by atoms with Crippen LogP contribution in [-0.4, -0.2) is 39.1 Å². The van der Waals surface area contributed by atoms with Gasteiger partial charge in [-0.15, -0.1) is 26.6 Å². The number of nitrogens with zero attached hydrogens (tertiary/aromatic N) is 5. The van der Waals surface area contributed by atoms with Crippen molar-refractivity contribution in [3.63, 3.8) is 0 Å². The van der Waals surface area contributed by atoms with Crippen LogP contribution in [0.3, 0.4) is 0 Å². The lowest BCUT2D eigenvalue weighted by molar-refractivity contribution is -0.146. The summed E-state index contributed by atoms with van der Waals surface area (Å²) >= 11 is 1.59. The second-order valence-electron chi connectivity index (χ2n) is 6.08. The quantitative estimate of drug-likeness (QED) is 0.676. The highest BCUT2D eigenvalue weighted by atomic mass is 32.1. The molecule has 0 amide bonds. The fourth-order valence-electron chi connectivity index (χ4n) is 2.99. The molecule has 4 heterocycles. The van der Waals surface area contributed by atoms with Gasteiger partial charge >= 0.3 is 6.18 Å². The maximum atomic E-state index is 13.1. The van der Waals surface area contributed by atoms with Crippen molar-refractivity contribution in [3.05, 3.63) is 40.3 Å². The van der Waals surface area contributed by atoms with Gasteiger partial charge in [0, 0.05) is 18.0 Å². The van der Waals surface area contributed by atoms with Crippen LogP contribution in [0.1, 0.15) is 23.5 Å². The van der Waals surface area contributed by atoms with Gasteiger partial charge in [0.1, 0.15) is 5.82 Å². The molecule has 0 spiro atoms. The van der Waals surface area contributed by atoms with Crippen LogP contribution >= 0.6 is 11.3 Å². The highest BCUT2D eigenvalue weighted by molar-refractivity contribution is 7.09. The molecule has 0 N–H and O–H groups in total. The molecule has 0 aromatic carbocycles. The minimum Gasteiger partial charge on any atom is -0.376 e. The molecule has 0 aliphatic carbocycles. The second kappa shape index (κ2) is 6.84. The van der Waals surface area contributed by atoms with Crippen LogP contribution in [0, 0.1) is 0 Å². The Balaban J connectivity index is 1.69. The maximum absolute atomic E-state index is 13.1. The van der Waals surface area contributed by atoms with Crippen molar-refractivity contribution >= 4 is 22.8 Å². The normalized spacial score (nSPS) is 17.9. The van der Waals surface area contributed by atoms with Gasteiger partial charge in [0.25, 0.3) is 5.82 Å². The number of halogens is 3. The van der Waals surface area contributed by atoms with Crippen molar-refractivity contribution in [1.82, 2.24) is 19.8 Å². The molecule has 6 nitrogen and oxygen atoms in total. The van der Waals surface area contributed by atoms with E-state index >= 15 is 0 Å². The Hall–Kier alpha value is -2.20. The van der Waals surface area contributed by atoms with Crippen LogP contribution in [-0.2, 0) is 17.5 Å². The van der Waals surface area contributed by atoms with Crippen molar-refractivity contribution < 1.29 is 17.9 Å². The van der Waals surface area contributed by atoms with Crippen molar-refractivity contribution in [3.8, 4) is 0 Å². The summed E-state index contributed by atoms with van der Waals surface area (Å²) in [5.74, 6) is -0.686. The van der Waals surface area contributed by atoms with Gasteiger partial charge in [-0.1, -0.05) is 6.07 Å². The van der Waals surface area contributed by atoms with Crippen LogP contribution in [0.2, 0.25) is 0 Å². The average Bonchev–Trinajstić information content (AvgIpc) is 3.34. The highest BCUT2D eigenvalue weighted by Crippen LogP contribution is 2.28. The van der Waals surface area contributed by atoms with Crippen molar-refractivity contribution in [2.24, 2.45) is 0 Å². The topological polar surface area (TPSA) is 55.5 Å². The number of hydrogen-bond acceptors (Lipinski definition) is 6. The first kappa shape index (κ1) is 17.2. The first-order chi connectivity index (χ1) is 12.5. The molecular formula is C16H16F3N5OS. The number of alkyl halides is 3. The molecule has 1 atom stereocenters. The van der Waals surface area contributed by atoms with Gasteiger partial charge in [-0.3, -0.25) is 0 Å². The van der Waals surface area contributed by atoms with Crippen molar-refractivity contribution in [1.29, 1.82) is 0 Å². The Labute approximate surface area is 151 Å². The van der Waals surface area contributed by atoms with E-state index in [1.54, 1.807) is 17.4 Å². The molecule has 0 radical (unpaired) electrons. The summed E-state index contributed by atoms with van der Waals surface area (Å²) in [6, 6.07) is 7.11. The molecule has 1 aliphatic heterocycles. The zero-order chi connectivity index (χ0) is 18.1. The summed E-state index contributed by atoms with van der Waals surface area (Å²) < 4.78 is 45.8. The third kappa shape index (κ3) is 3.51. The van der Waals surface area contributed by atoms with Gasteiger partial charge in [-0.2, -0.15) is 17.7 Å². The van der Waals surface area contributed by atoms with E-state index in [4.69, 9.17) is 4.74 Å². The highest BCUT2D eigenvalue weighted by Gasteiger charge is 2.37. The minimum absolute atomic E-state index is 0.0513. The number of hydrogen-bond donors (Lipinski definition) is 0. The summed E-state index contributed by atoms with van der Waals surface area (Å²) in [5.41, 5.74) is 0.0641. The van der Waals surface area contributed by atoms with Crippen LogP contribution in [0.4, 0.5) is 19.0 Å². The zero-order valence-corrected chi connectivity index (χ0v) is 14.5. The summed E-state index contributed by atoms with van der Waals surface area (Å²) in [7, 11) is 0. The van der Waals surface area contributed by atoms with Gasteiger partial charge in [0.15, 0.2) is 5.65 Å². The third-order valence-corrected chi connectivity index (χ3v) is 5.06. The monoisotopic (exact) mass is 383 g/mol. The van der Waals surface area contributed by atoms with Crippen LogP contribution in [0.5, 0.6) is 0 Å². The predicted octanol–water partition coefficient (Wildman–Crippen LogP) is 3.39. The van der Waals surface area contributed by atoms with E-state index in [0.717, 1.165) is 22.2 Å². The Morgan fingerprint density at radius 1 is 1.27 bits per heavy atom. The van der Waals surface area contributed by atoms with Gasteiger partial charge in [0.05, 0.1) is 12.6 Å². The summed E-state index contributed by atoms with van der Waals surface area (Å²) in [6.45, 7) is 1.84. The Kier molecular flexibility index (Phi) is 4.53. The van der Waals surface area contributed by atoms with E-state index in [2.05, 4.69) is 15.3 Å². The van der Waals surface area contributed by atoms with Gasteiger partial charge < -0.3 is 9.64 Å². The number of thiophene rings is 1. The van der Waals surface area contributed by atoms with E-state index in [9.17, 15) is 13.2 Å². The number of ether oxygens (including phenoxy) is 1. The second-order valence-corrected chi connectivity index (χ2v) is 7.11. The standard InChI is InChI=1S/C16H16F3N5OS/c17-16(18,19)15-21-20-13-5-6-14(22-24(13)15)23(9-11-3-1-7-25-11)10-12-4-2-8-26-12/h2,4-6,8,11H,1,3,7,9-10H2. The summed E-state index contributed by atoms with van der Waals surface area (Å²) in [5, 5.41) is 12.9. The van der Waals surface area contributed by atoms with Crippen molar-refractivity contribution in [2.75, 3.05) is 18.1 Å². The molecule has 138 valence electrons. The fourth-order valence-corrected chi connectivity index (χ4v) is 3.71. The molecule has 3 aromatic heterocycles. The lowest BCUT2D eigenvalue weighted by Gasteiger charge is -2.26. The SMILES string of the molecule is FC(F)(F)c1nnc2ccc(N(Cc3cccs3)CC3CCCO3)nn12. The summed E-state index contributed by atoms with van der Waals surface area (Å²) in [4.78, 5) is 3.05. The molecule has 26 heavy (non-hydrogen) atoms. The predicted molar refractivity (Wildman–Crippen MR) is 90.1 cm³/mol. The van der Waals surface area contributed by atoms with Crippen LogP contribution in [0.25, 0.3) is 5.65 Å². The van der Waals surface area contributed by atoms with Gasteiger partial charge in [-0.05, 0) is 36.4 Å². The van der Waals surface area contributed by atoms with E-state index in [-0.39, 0.29) is 11.8 Å². The lowest BCUT2D eigenvalue weighted by Crippen LogP contribution is -2.32. The maximum Gasteiger partial charge on any atom is 0.453 e. The number of fused-ring (bicyclic) bond motifs is 1. The van der Waals surface area contributed by atoms with Crippen LogP contribution < -0.4 is 4.90 Å². The molecule has 10 heteroatoms. The molecule has 4 rings (SSSR count). The molecule has 1 fully saturated rings. The average molecular weight is 383 g/mol. The molecular weight excluding hydrogens is 367 g/mol. The smallest absolute Gasteiger partial charge is 0.376 e. The third-order valence-electron chi connectivity index (χ3n) is 4.20. The van der Waals surface area contributed by atoms with Gasteiger partial charge in [0.2, 0.25) is 0 Å². The zero-order valence-electron chi connectivity index (χ0n) is 13.7. The van der Waals surface area contributed by atoms with Crippen molar-refractivity contribution in [2.45, 2.75) is 31.7 Å². The number of rotatable bonds is 5. The molecule has 1 aliphatic rings. The van der Waals surface area contributed by atoms with Crippen LogP contribution in [0.15, 0.2) is 29.6 Å². The Morgan fingerprint density at radius 2 is 2.15 bits per heavy atom. The molecule has 0 saturated carbocycles. The largest absolute Gasteiger partial charge is 0.453 e. The Bertz CT molecular complexity index is 874. The van der Waals surface area contributed by atoms with E-state index in [1.165, 1.54) is 6.07 Å². The molecule has 3 aromatic rings. The van der Waals surface area contributed by atoms with E-state index < -0.39 is 12.0 Å². The van der Waals surface area contributed by atoms with Gasteiger partial charge in [-0.25, -0.2) is 0 Å². The molecule has 1 unspecified atom stereocenters. The lowest BCUT2D eigenvalue weighted by atomic mass is 10.2. The molecule has 1 saturated heterocycles. The Morgan fingerprint density at radius 3 is 2.85 bits per heavy atom. The summed E-state index contributed by atoms with van der Waals surface area (Å²) in [6.07, 6.45) is -2.63. The van der Waals surface area contributed by atoms with E-state index in [0.29, 0.717) is 25.5 Å². The van der Waals surface area contributed by atoms with E-state index in [1.807, 2.05) is 22.4 Å². The fraction of sp³-hybridized carbons (Fsp3) is 0.438.